The SMILES string of the molecule is O=C(NCC1CCN(S(=O)(=O)c2cccnc2)CC1)Nc1ccccc1C(F)(F)F. The molecule has 1 saturated heterocycles. The molecule has 1 aromatic carbocycles. The number of pyridine rings is 1. The number of nitrogens with one attached hydrogen (secondary N) is 2. The number of urea groups is 1. The van der Waals surface area contributed by atoms with Crippen molar-refractivity contribution < 1.29 is 26.4 Å². The molecule has 2 amide bonds. The van der Waals surface area contributed by atoms with Gasteiger partial charge in [0.1, 0.15) is 4.90 Å². The molecule has 1 fully saturated rings. The Bertz CT molecular complexity index is 976. The molecular formula is C19H21F3N4O3S. The summed E-state index contributed by atoms with van der Waals surface area (Å²) >= 11 is 0. The minimum absolute atomic E-state index is 0.0222. The molecule has 2 heterocycles. The van der Waals surface area contributed by atoms with Crippen molar-refractivity contribution in [3.8, 4) is 0 Å². The molecule has 11 heteroatoms. The van der Waals surface area contributed by atoms with Crippen LogP contribution >= 0.6 is 0 Å². The number of para-hydroxylation sites is 1. The maximum atomic E-state index is 13.0. The second-order valence-corrected chi connectivity index (χ2v) is 8.85. The molecule has 0 bridgehead atoms. The van der Waals surface area contributed by atoms with E-state index in [0.717, 1.165) is 6.07 Å². The minimum Gasteiger partial charge on any atom is -0.338 e. The van der Waals surface area contributed by atoms with Crippen molar-refractivity contribution in [2.45, 2.75) is 23.9 Å². The number of piperidine rings is 1. The minimum atomic E-state index is -4.57. The molecule has 7 nitrogen and oxygen atoms in total. The van der Waals surface area contributed by atoms with Crippen LogP contribution in [0.3, 0.4) is 0 Å². The number of carbonyl (C=O) groups excluding carboxylic acids is 1. The van der Waals surface area contributed by atoms with Crippen molar-refractivity contribution in [2.24, 2.45) is 5.92 Å². The van der Waals surface area contributed by atoms with E-state index in [4.69, 9.17) is 0 Å². The number of hydrogen-bond donors (Lipinski definition) is 2. The van der Waals surface area contributed by atoms with Crippen molar-refractivity contribution in [1.29, 1.82) is 0 Å². The third kappa shape index (κ3) is 5.28. The Morgan fingerprint density at radius 3 is 2.47 bits per heavy atom. The second kappa shape index (κ2) is 9.00. The molecule has 0 saturated carbocycles. The fourth-order valence-corrected chi connectivity index (χ4v) is 4.68. The van der Waals surface area contributed by atoms with Gasteiger partial charge in [-0.3, -0.25) is 4.98 Å². The highest BCUT2D eigenvalue weighted by molar-refractivity contribution is 7.89. The molecule has 0 radical (unpaired) electrons. The summed E-state index contributed by atoms with van der Waals surface area (Å²) in [7, 11) is -3.61. The van der Waals surface area contributed by atoms with E-state index in [1.54, 1.807) is 6.07 Å². The zero-order valence-electron chi connectivity index (χ0n) is 15.9. The maximum Gasteiger partial charge on any atom is 0.418 e. The molecule has 2 N–H and O–H groups in total. The number of nitrogens with zero attached hydrogens (tertiary/aromatic N) is 2. The van der Waals surface area contributed by atoms with Crippen LogP contribution < -0.4 is 10.6 Å². The van der Waals surface area contributed by atoms with Crippen LogP contribution in [0.25, 0.3) is 0 Å². The first-order valence-corrected chi connectivity index (χ1v) is 10.7. The van der Waals surface area contributed by atoms with Gasteiger partial charge in [-0.2, -0.15) is 17.5 Å². The Balaban J connectivity index is 1.50. The van der Waals surface area contributed by atoms with Crippen molar-refractivity contribution in [1.82, 2.24) is 14.6 Å². The molecular weight excluding hydrogens is 421 g/mol. The highest BCUT2D eigenvalue weighted by atomic mass is 32.2. The number of hydrogen-bond acceptors (Lipinski definition) is 4. The number of rotatable bonds is 5. The second-order valence-electron chi connectivity index (χ2n) is 6.91. The Labute approximate surface area is 172 Å². The molecule has 1 aromatic heterocycles. The standard InChI is InChI=1S/C19H21F3N4O3S/c20-19(21,22)16-5-1-2-6-17(16)25-18(27)24-12-14-7-10-26(11-8-14)30(28,29)15-4-3-9-23-13-15/h1-6,9,13-14H,7-8,10-12H2,(H2,24,25,27). The van der Waals surface area contributed by atoms with E-state index in [-0.39, 0.29) is 23.0 Å². The first kappa shape index (κ1) is 22.0. The summed E-state index contributed by atoms with van der Waals surface area (Å²) in [5.41, 5.74) is -1.24. The van der Waals surface area contributed by atoms with Crippen LogP contribution in [0.2, 0.25) is 0 Å². The average molecular weight is 442 g/mol. The molecule has 162 valence electrons. The molecule has 0 aliphatic carbocycles. The third-order valence-electron chi connectivity index (χ3n) is 4.88. The number of anilines is 1. The molecule has 0 unspecified atom stereocenters. The van der Waals surface area contributed by atoms with Gasteiger partial charge in [-0.1, -0.05) is 12.1 Å². The lowest BCUT2D eigenvalue weighted by atomic mass is 9.98. The molecule has 30 heavy (non-hydrogen) atoms. The normalized spacial score (nSPS) is 16.2. The van der Waals surface area contributed by atoms with Gasteiger partial charge < -0.3 is 10.6 Å². The molecule has 3 rings (SSSR count). The van der Waals surface area contributed by atoms with Gasteiger partial charge in [0, 0.05) is 32.0 Å². The number of halogens is 3. The van der Waals surface area contributed by atoms with Crippen molar-refractivity contribution >= 4 is 21.7 Å². The molecule has 1 aliphatic heterocycles. The zero-order valence-corrected chi connectivity index (χ0v) is 16.7. The van der Waals surface area contributed by atoms with E-state index >= 15 is 0 Å². The van der Waals surface area contributed by atoms with Crippen LogP contribution in [-0.4, -0.2) is 43.4 Å². The highest BCUT2D eigenvalue weighted by Crippen LogP contribution is 2.34. The Morgan fingerprint density at radius 2 is 1.83 bits per heavy atom. The average Bonchev–Trinajstić information content (AvgIpc) is 2.73. The van der Waals surface area contributed by atoms with Crippen LogP contribution in [0.4, 0.5) is 23.7 Å². The number of alkyl halides is 3. The van der Waals surface area contributed by atoms with Gasteiger partial charge >= 0.3 is 12.2 Å². The Morgan fingerprint density at radius 1 is 1.13 bits per heavy atom. The number of benzene rings is 1. The van der Waals surface area contributed by atoms with E-state index in [1.165, 1.54) is 41.0 Å². The van der Waals surface area contributed by atoms with Crippen LogP contribution in [-0.2, 0) is 16.2 Å². The fraction of sp³-hybridized carbons (Fsp3) is 0.368. The Kier molecular flexibility index (Phi) is 6.61. The third-order valence-corrected chi connectivity index (χ3v) is 6.76. The van der Waals surface area contributed by atoms with Crippen molar-refractivity contribution in [3.63, 3.8) is 0 Å². The Hall–Kier alpha value is -2.66. The van der Waals surface area contributed by atoms with E-state index in [0.29, 0.717) is 25.9 Å². The number of sulfonamides is 1. The maximum absolute atomic E-state index is 13.0. The summed E-state index contributed by atoms with van der Waals surface area (Å²) in [5.74, 6) is 0.0222. The summed E-state index contributed by atoms with van der Waals surface area (Å²) < 4.78 is 65.6. The highest BCUT2D eigenvalue weighted by Gasteiger charge is 2.34. The van der Waals surface area contributed by atoms with E-state index in [1.807, 2.05) is 0 Å². The van der Waals surface area contributed by atoms with Crippen LogP contribution in [0, 0.1) is 5.92 Å². The van der Waals surface area contributed by atoms with Crippen LogP contribution in [0.1, 0.15) is 18.4 Å². The van der Waals surface area contributed by atoms with Gasteiger partial charge in [0.15, 0.2) is 0 Å². The summed E-state index contributed by atoms with van der Waals surface area (Å²) in [4.78, 5) is 16.0. The lowest BCUT2D eigenvalue weighted by molar-refractivity contribution is -0.136. The van der Waals surface area contributed by atoms with Crippen molar-refractivity contribution in [2.75, 3.05) is 25.0 Å². The quantitative estimate of drug-likeness (QED) is 0.743. The molecule has 1 aliphatic rings. The number of carbonyl (C=O) groups is 1. The predicted octanol–water partition coefficient (Wildman–Crippen LogP) is 3.32. The van der Waals surface area contributed by atoms with E-state index < -0.39 is 27.8 Å². The number of aromatic nitrogens is 1. The summed E-state index contributed by atoms with van der Waals surface area (Å²) in [6.45, 7) is 0.824. The predicted molar refractivity (Wildman–Crippen MR) is 104 cm³/mol. The van der Waals surface area contributed by atoms with Gasteiger partial charge in [0.05, 0.1) is 11.3 Å². The van der Waals surface area contributed by atoms with E-state index in [2.05, 4.69) is 15.6 Å². The topological polar surface area (TPSA) is 91.4 Å². The smallest absolute Gasteiger partial charge is 0.338 e. The fourth-order valence-electron chi connectivity index (χ4n) is 3.25. The largest absolute Gasteiger partial charge is 0.418 e. The lowest BCUT2D eigenvalue weighted by Gasteiger charge is -2.31. The number of amides is 2. The summed E-state index contributed by atoms with van der Waals surface area (Å²) in [5, 5.41) is 4.80. The lowest BCUT2D eigenvalue weighted by Crippen LogP contribution is -2.42. The monoisotopic (exact) mass is 442 g/mol. The van der Waals surface area contributed by atoms with Crippen molar-refractivity contribution in [3.05, 3.63) is 54.4 Å². The van der Waals surface area contributed by atoms with Gasteiger partial charge in [0.2, 0.25) is 10.0 Å². The van der Waals surface area contributed by atoms with Crippen LogP contribution in [0.15, 0.2) is 53.7 Å². The first-order chi connectivity index (χ1) is 14.2. The van der Waals surface area contributed by atoms with E-state index in [9.17, 15) is 26.4 Å². The molecule has 2 aromatic rings. The zero-order chi connectivity index (χ0) is 21.8. The van der Waals surface area contributed by atoms with Gasteiger partial charge in [-0.05, 0) is 43.0 Å². The summed E-state index contributed by atoms with van der Waals surface area (Å²) in [6, 6.07) is 7.04. The van der Waals surface area contributed by atoms with Gasteiger partial charge in [-0.15, -0.1) is 0 Å². The van der Waals surface area contributed by atoms with Gasteiger partial charge in [0.25, 0.3) is 0 Å². The summed E-state index contributed by atoms with van der Waals surface area (Å²) in [6.07, 6.45) is -0.727. The molecule has 0 atom stereocenters. The van der Waals surface area contributed by atoms with Gasteiger partial charge in [-0.25, -0.2) is 13.2 Å². The first-order valence-electron chi connectivity index (χ1n) is 9.29. The van der Waals surface area contributed by atoms with Crippen LogP contribution in [0.5, 0.6) is 0 Å². The molecule has 0 spiro atoms.